The first-order chi connectivity index (χ1) is 5.27. The fraction of sp³-hybridized carbons (Fsp3) is 0.571. The molecule has 3 atom stereocenters. The van der Waals surface area contributed by atoms with Gasteiger partial charge in [-0.2, -0.15) is 0 Å². The summed E-state index contributed by atoms with van der Waals surface area (Å²) in [5.41, 5.74) is 0. The normalized spacial score (nSPS) is 41.2. The Balaban J connectivity index is 2.17. The molecule has 1 fully saturated rings. The molecule has 3 unspecified atom stereocenters. The number of fused-ring (bicyclic) bond motifs is 1. The van der Waals surface area contributed by atoms with Gasteiger partial charge in [-0.1, -0.05) is 0 Å². The maximum absolute atomic E-state index is 10.7. The molecule has 0 aromatic rings. The third-order valence-electron chi connectivity index (χ3n) is 1.93. The van der Waals surface area contributed by atoms with Crippen molar-refractivity contribution in [2.75, 3.05) is 0 Å². The topological polar surface area (TPSA) is 55.8 Å². The fourth-order valence-corrected chi connectivity index (χ4v) is 1.31. The summed E-state index contributed by atoms with van der Waals surface area (Å²) < 4.78 is 9.72. The first-order valence-corrected chi connectivity index (χ1v) is 3.47. The summed E-state index contributed by atoms with van der Waals surface area (Å²) >= 11 is 0. The molecule has 0 aliphatic carbocycles. The van der Waals surface area contributed by atoms with Crippen LogP contribution in [0.25, 0.3) is 0 Å². The largest absolute Gasteiger partial charge is 0.462 e. The van der Waals surface area contributed by atoms with Crippen molar-refractivity contribution in [1.82, 2.24) is 0 Å². The average Bonchev–Trinajstić information content (AvgIpc) is 2.31. The van der Waals surface area contributed by atoms with Crippen LogP contribution in [-0.2, 0) is 14.3 Å². The highest BCUT2D eigenvalue weighted by Gasteiger charge is 2.41. The SMILES string of the molecule is O=C1CC2C(O)C=COC2O1. The molecule has 1 saturated heterocycles. The molecule has 2 heterocycles. The molecule has 60 valence electrons. The molecule has 0 radical (unpaired) electrons. The summed E-state index contributed by atoms with van der Waals surface area (Å²) in [6.45, 7) is 0. The van der Waals surface area contributed by atoms with Crippen LogP contribution in [0.4, 0.5) is 0 Å². The molecule has 1 N–H and O–H groups in total. The van der Waals surface area contributed by atoms with Gasteiger partial charge < -0.3 is 14.6 Å². The highest BCUT2D eigenvalue weighted by atomic mass is 16.7. The van der Waals surface area contributed by atoms with E-state index in [1.54, 1.807) is 0 Å². The second-order valence-electron chi connectivity index (χ2n) is 2.68. The molecule has 0 aromatic carbocycles. The van der Waals surface area contributed by atoms with Crippen LogP contribution in [-0.4, -0.2) is 23.5 Å². The van der Waals surface area contributed by atoms with Crippen LogP contribution in [0.5, 0.6) is 0 Å². The van der Waals surface area contributed by atoms with Gasteiger partial charge in [0.05, 0.1) is 24.7 Å². The number of esters is 1. The maximum Gasteiger partial charge on any atom is 0.309 e. The van der Waals surface area contributed by atoms with Crippen molar-refractivity contribution in [3.8, 4) is 0 Å². The smallest absolute Gasteiger partial charge is 0.309 e. The van der Waals surface area contributed by atoms with E-state index in [-0.39, 0.29) is 18.3 Å². The highest BCUT2D eigenvalue weighted by molar-refractivity contribution is 5.72. The van der Waals surface area contributed by atoms with E-state index >= 15 is 0 Å². The standard InChI is InChI=1S/C7H8O4/c8-5-1-2-10-7-4(5)3-6(9)11-7/h1-2,4-5,7-8H,3H2. The zero-order valence-electron chi connectivity index (χ0n) is 5.77. The van der Waals surface area contributed by atoms with Gasteiger partial charge in [-0.15, -0.1) is 0 Å². The van der Waals surface area contributed by atoms with Crippen molar-refractivity contribution >= 4 is 5.97 Å². The summed E-state index contributed by atoms with van der Waals surface area (Å²) in [7, 11) is 0. The number of carbonyl (C=O) groups is 1. The number of hydrogen-bond donors (Lipinski definition) is 1. The first-order valence-electron chi connectivity index (χ1n) is 3.47. The molecule has 2 rings (SSSR count). The van der Waals surface area contributed by atoms with Gasteiger partial charge in [0.25, 0.3) is 0 Å². The summed E-state index contributed by atoms with van der Waals surface area (Å²) in [5.74, 6) is -0.518. The minimum Gasteiger partial charge on any atom is -0.462 e. The Morgan fingerprint density at radius 1 is 1.64 bits per heavy atom. The third kappa shape index (κ3) is 0.991. The molecule has 0 saturated carbocycles. The van der Waals surface area contributed by atoms with Gasteiger partial charge in [0.15, 0.2) is 0 Å². The zero-order valence-corrected chi connectivity index (χ0v) is 5.77. The van der Waals surface area contributed by atoms with Gasteiger partial charge in [-0.05, 0) is 6.08 Å². The number of aliphatic hydroxyl groups is 1. The first kappa shape index (κ1) is 6.67. The third-order valence-corrected chi connectivity index (χ3v) is 1.93. The van der Waals surface area contributed by atoms with E-state index in [0.717, 1.165) is 0 Å². The summed E-state index contributed by atoms with van der Waals surface area (Å²) in [4.78, 5) is 10.7. The van der Waals surface area contributed by atoms with Crippen molar-refractivity contribution in [3.05, 3.63) is 12.3 Å². The number of carbonyl (C=O) groups excluding carboxylic acids is 1. The lowest BCUT2D eigenvalue weighted by Crippen LogP contribution is -2.31. The van der Waals surface area contributed by atoms with E-state index in [1.165, 1.54) is 12.3 Å². The molecular formula is C7H8O4. The Morgan fingerprint density at radius 3 is 3.18 bits per heavy atom. The van der Waals surface area contributed by atoms with Crippen LogP contribution in [0, 0.1) is 5.92 Å². The van der Waals surface area contributed by atoms with Gasteiger partial charge in [-0.25, -0.2) is 0 Å². The molecule has 0 bridgehead atoms. The molecule has 11 heavy (non-hydrogen) atoms. The summed E-state index contributed by atoms with van der Waals surface area (Å²) in [6.07, 6.45) is 1.95. The van der Waals surface area contributed by atoms with E-state index in [9.17, 15) is 9.90 Å². The van der Waals surface area contributed by atoms with E-state index in [1.807, 2.05) is 0 Å². The lowest BCUT2D eigenvalue weighted by Gasteiger charge is -2.23. The molecule has 4 heteroatoms. The van der Waals surface area contributed by atoms with Crippen LogP contribution >= 0.6 is 0 Å². The highest BCUT2D eigenvalue weighted by Crippen LogP contribution is 2.29. The van der Waals surface area contributed by atoms with Crippen molar-refractivity contribution < 1.29 is 19.4 Å². The van der Waals surface area contributed by atoms with Crippen LogP contribution < -0.4 is 0 Å². The van der Waals surface area contributed by atoms with Crippen molar-refractivity contribution in [2.24, 2.45) is 5.92 Å². The zero-order chi connectivity index (χ0) is 7.84. The molecule has 0 amide bonds. The van der Waals surface area contributed by atoms with Crippen molar-refractivity contribution in [3.63, 3.8) is 0 Å². The minimum atomic E-state index is -0.611. The van der Waals surface area contributed by atoms with Crippen molar-refractivity contribution in [2.45, 2.75) is 18.8 Å². The number of rotatable bonds is 0. The van der Waals surface area contributed by atoms with Gasteiger partial charge in [0.2, 0.25) is 6.29 Å². The number of aliphatic hydroxyl groups excluding tert-OH is 1. The van der Waals surface area contributed by atoms with E-state index in [2.05, 4.69) is 0 Å². The van der Waals surface area contributed by atoms with E-state index in [0.29, 0.717) is 0 Å². The average molecular weight is 156 g/mol. The van der Waals surface area contributed by atoms with Gasteiger partial charge in [0, 0.05) is 0 Å². The van der Waals surface area contributed by atoms with Crippen LogP contribution in [0.3, 0.4) is 0 Å². The fourth-order valence-electron chi connectivity index (χ4n) is 1.31. The Hall–Kier alpha value is -1.03. The lowest BCUT2D eigenvalue weighted by molar-refractivity contribution is -0.161. The predicted molar refractivity (Wildman–Crippen MR) is 34.2 cm³/mol. The maximum atomic E-state index is 10.7. The van der Waals surface area contributed by atoms with Crippen LogP contribution in [0.15, 0.2) is 12.3 Å². The monoisotopic (exact) mass is 156 g/mol. The second kappa shape index (κ2) is 2.23. The van der Waals surface area contributed by atoms with Gasteiger partial charge in [0.1, 0.15) is 0 Å². The molecule has 4 nitrogen and oxygen atoms in total. The predicted octanol–water partition coefficient (Wildman–Crippen LogP) is -0.220. The van der Waals surface area contributed by atoms with E-state index in [4.69, 9.17) is 9.47 Å². The Morgan fingerprint density at radius 2 is 2.45 bits per heavy atom. The summed E-state index contributed by atoms with van der Waals surface area (Å²) in [6, 6.07) is 0. The second-order valence-corrected chi connectivity index (χ2v) is 2.68. The van der Waals surface area contributed by atoms with Crippen LogP contribution in [0.2, 0.25) is 0 Å². The van der Waals surface area contributed by atoms with Crippen LogP contribution in [0.1, 0.15) is 6.42 Å². The lowest BCUT2D eigenvalue weighted by atomic mass is 9.99. The minimum absolute atomic E-state index is 0.215. The van der Waals surface area contributed by atoms with Gasteiger partial charge in [-0.3, -0.25) is 4.79 Å². The Kier molecular flexibility index (Phi) is 1.35. The van der Waals surface area contributed by atoms with Crippen molar-refractivity contribution in [1.29, 1.82) is 0 Å². The summed E-state index contributed by atoms with van der Waals surface area (Å²) in [5, 5.41) is 9.30. The quantitative estimate of drug-likeness (QED) is 0.492. The van der Waals surface area contributed by atoms with Gasteiger partial charge >= 0.3 is 5.97 Å². The molecule has 2 aliphatic heterocycles. The molecule has 2 aliphatic rings. The Labute approximate surface area is 63.4 Å². The Bertz CT molecular complexity index is 210. The molecule has 0 aromatic heterocycles. The number of ether oxygens (including phenoxy) is 2. The number of hydrogen-bond acceptors (Lipinski definition) is 4. The molecule has 0 spiro atoms. The molecular weight excluding hydrogens is 148 g/mol. The van der Waals surface area contributed by atoms with E-state index < -0.39 is 12.4 Å².